The second kappa shape index (κ2) is 7.64. The number of nitrogens with zero attached hydrogens (tertiary/aromatic N) is 1. The van der Waals surface area contributed by atoms with Crippen LogP contribution in [0.15, 0.2) is 42.7 Å². The van der Waals surface area contributed by atoms with Crippen molar-refractivity contribution in [1.82, 2.24) is 10.3 Å². The molecular formula is C17H23N3O. The molecule has 21 heavy (non-hydrogen) atoms. The maximum atomic E-state index is 6.00. The second-order valence-electron chi connectivity index (χ2n) is 5.15. The second-order valence-corrected chi connectivity index (χ2v) is 5.15. The van der Waals surface area contributed by atoms with Crippen LogP contribution in [0.5, 0.6) is 5.75 Å². The Morgan fingerprint density at radius 3 is 2.62 bits per heavy atom. The molecule has 0 aliphatic rings. The Morgan fingerprint density at radius 1 is 1.19 bits per heavy atom. The summed E-state index contributed by atoms with van der Waals surface area (Å²) in [7, 11) is 0. The standard InChI is InChI=1S/C17H23N3O/c1-3-21-17-5-4-15(11-16(17)18)10-13(2)20-12-14-6-8-19-9-7-14/h4-9,11,13,20H,3,10,12,18H2,1-2H3. The van der Waals surface area contributed by atoms with Crippen molar-refractivity contribution in [2.45, 2.75) is 32.9 Å². The minimum absolute atomic E-state index is 0.371. The molecule has 1 aromatic carbocycles. The van der Waals surface area contributed by atoms with E-state index in [2.05, 4.69) is 23.3 Å². The highest BCUT2D eigenvalue weighted by Crippen LogP contribution is 2.23. The molecule has 1 atom stereocenters. The lowest BCUT2D eigenvalue weighted by Crippen LogP contribution is -2.27. The highest BCUT2D eigenvalue weighted by atomic mass is 16.5. The Morgan fingerprint density at radius 2 is 1.95 bits per heavy atom. The molecule has 0 radical (unpaired) electrons. The molecule has 1 heterocycles. The first kappa shape index (κ1) is 15.3. The van der Waals surface area contributed by atoms with Gasteiger partial charge in [0, 0.05) is 25.0 Å². The Bertz CT molecular complexity index is 557. The zero-order chi connectivity index (χ0) is 15.1. The fraction of sp³-hybridized carbons (Fsp3) is 0.353. The van der Waals surface area contributed by atoms with Crippen LogP contribution in [-0.4, -0.2) is 17.6 Å². The van der Waals surface area contributed by atoms with Gasteiger partial charge in [-0.25, -0.2) is 0 Å². The van der Waals surface area contributed by atoms with E-state index in [4.69, 9.17) is 10.5 Å². The summed E-state index contributed by atoms with van der Waals surface area (Å²) in [5.74, 6) is 0.763. The van der Waals surface area contributed by atoms with E-state index < -0.39 is 0 Å². The van der Waals surface area contributed by atoms with Crippen LogP contribution in [0.1, 0.15) is 25.0 Å². The van der Waals surface area contributed by atoms with Crippen molar-refractivity contribution in [3.8, 4) is 5.75 Å². The van der Waals surface area contributed by atoms with Gasteiger partial charge in [0.2, 0.25) is 0 Å². The van der Waals surface area contributed by atoms with Gasteiger partial charge in [0.1, 0.15) is 5.75 Å². The van der Waals surface area contributed by atoms with Gasteiger partial charge >= 0.3 is 0 Å². The Hall–Kier alpha value is -2.07. The van der Waals surface area contributed by atoms with Crippen LogP contribution >= 0.6 is 0 Å². The number of nitrogen functional groups attached to an aromatic ring is 1. The zero-order valence-electron chi connectivity index (χ0n) is 12.7. The summed E-state index contributed by atoms with van der Waals surface area (Å²) in [5, 5.41) is 3.51. The molecule has 0 aliphatic carbocycles. The van der Waals surface area contributed by atoms with Crippen LogP contribution in [0, 0.1) is 0 Å². The molecule has 0 saturated carbocycles. The lowest BCUT2D eigenvalue weighted by Gasteiger charge is -2.15. The van der Waals surface area contributed by atoms with Gasteiger partial charge < -0.3 is 15.8 Å². The number of anilines is 1. The molecule has 112 valence electrons. The SMILES string of the molecule is CCOc1ccc(CC(C)NCc2ccncc2)cc1N. The third-order valence-corrected chi connectivity index (χ3v) is 3.32. The molecule has 0 aliphatic heterocycles. The summed E-state index contributed by atoms with van der Waals surface area (Å²) >= 11 is 0. The van der Waals surface area contributed by atoms with Gasteiger partial charge in [-0.3, -0.25) is 4.98 Å². The smallest absolute Gasteiger partial charge is 0.142 e. The van der Waals surface area contributed by atoms with E-state index in [-0.39, 0.29) is 0 Å². The molecule has 1 unspecified atom stereocenters. The van der Waals surface area contributed by atoms with E-state index in [0.29, 0.717) is 18.3 Å². The molecule has 0 amide bonds. The molecule has 1 aromatic heterocycles. The summed E-state index contributed by atoms with van der Waals surface area (Å²) in [6.07, 6.45) is 4.56. The maximum Gasteiger partial charge on any atom is 0.142 e. The molecule has 0 bridgehead atoms. The topological polar surface area (TPSA) is 60.2 Å². The number of ether oxygens (including phenoxy) is 1. The van der Waals surface area contributed by atoms with Crippen molar-refractivity contribution < 1.29 is 4.74 Å². The van der Waals surface area contributed by atoms with Crippen molar-refractivity contribution in [2.75, 3.05) is 12.3 Å². The van der Waals surface area contributed by atoms with Gasteiger partial charge in [-0.05, 0) is 55.7 Å². The summed E-state index contributed by atoms with van der Waals surface area (Å²) in [5.41, 5.74) is 9.15. The van der Waals surface area contributed by atoms with Gasteiger partial charge in [0.25, 0.3) is 0 Å². The van der Waals surface area contributed by atoms with E-state index in [1.807, 2.05) is 43.6 Å². The van der Waals surface area contributed by atoms with E-state index in [0.717, 1.165) is 18.7 Å². The van der Waals surface area contributed by atoms with E-state index in [1.54, 1.807) is 0 Å². The fourth-order valence-corrected chi connectivity index (χ4v) is 2.23. The Kier molecular flexibility index (Phi) is 5.58. The number of hydrogen-bond acceptors (Lipinski definition) is 4. The molecule has 4 nitrogen and oxygen atoms in total. The zero-order valence-corrected chi connectivity index (χ0v) is 12.7. The van der Waals surface area contributed by atoms with Crippen molar-refractivity contribution in [2.24, 2.45) is 0 Å². The molecule has 3 N–H and O–H groups in total. The highest BCUT2D eigenvalue weighted by molar-refractivity contribution is 5.54. The van der Waals surface area contributed by atoms with Gasteiger partial charge in [0.15, 0.2) is 0 Å². The van der Waals surface area contributed by atoms with Crippen LogP contribution in [-0.2, 0) is 13.0 Å². The predicted octanol–water partition coefficient (Wildman–Crippen LogP) is 2.78. The van der Waals surface area contributed by atoms with E-state index in [1.165, 1.54) is 11.1 Å². The van der Waals surface area contributed by atoms with Crippen LogP contribution < -0.4 is 15.8 Å². The summed E-state index contributed by atoms with van der Waals surface area (Å²) in [6, 6.07) is 10.4. The molecule has 4 heteroatoms. The number of benzene rings is 1. The average Bonchev–Trinajstić information content (AvgIpc) is 2.49. The third-order valence-electron chi connectivity index (χ3n) is 3.32. The summed E-state index contributed by atoms with van der Waals surface area (Å²) in [6.45, 7) is 5.61. The maximum absolute atomic E-state index is 6.00. The molecular weight excluding hydrogens is 262 g/mol. The number of rotatable bonds is 7. The molecule has 2 aromatic rings. The minimum Gasteiger partial charge on any atom is -0.492 e. The monoisotopic (exact) mass is 285 g/mol. The van der Waals surface area contributed by atoms with Gasteiger partial charge in [0.05, 0.1) is 12.3 Å². The molecule has 0 fully saturated rings. The third kappa shape index (κ3) is 4.76. The number of nitrogens with one attached hydrogen (secondary N) is 1. The van der Waals surface area contributed by atoms with Crippen LogP contribution in [0.4, 0.5) is 5.69 Å². The lowest BCUT2D eigenvalue weighted by molar-refractivity contribution is 0.342. The van der Waals surface area contributed by atoms with E-state index in [9.17, 15) is 0 Å². The highest BCUT2D eigenvalue weighted by Gasteiger charge is 2.06. The van der Waals surface area contributed by atoms with Crippen LogP contribution in [0.25, 0.3) is 0 Å². The van der Waals surface area contributed by atoms with Gasteiger partial charge in [-0.15, -0.1) is 0 Å². The first-order chi connectivity index (χ1) is 10.2. The largest absolute Gasteiger partial charge is 0.492 e. The summed E-state index contributed by atoms with van der Waals surface area (Å²) in [4.78, 5) is 4.02. The van der Waals surface area contributed by atoms with Crippen LogP contribution in [0.3, 0.4) is 0 Å². The number of nitrogens with two attached hydrogens (primary N) is 1. The number of hydrogen-bond donors (Lipinski definition) is 2. The van der Waals surface area contributed by atoms with Crippen molar-refractivity contribution in [3.05, 3.63) is 53.9 Å². The van der Waals surface area contributed by atoms with Crippen LogP contribution in [0.2, 0.25) is 0 Å². The summed E-state index contributed by atoms with van der Waals surface area (Å²) < 4.78 is 5.46. The number of pyridine rings is 1. The van der Waals surface area contributed by atoms with E-state index >= 15 is 0 Å². The first-order valence-electron chi connectivity index (χ1n) is 7.32. The Labute approximate surface area is 126 Å². The molecule has 0 spiro atoms. The quantitative estimate of drug-likeness (QED) is 0.768. The van der Waals surface area contributed by atoms with Crippen molar-refractivity contribution in [1.29, 1.82) is 0 Å². The lowest BCUT2D eigenvalue weighted by atomic mass is 10.1. The average molecular weight is 285 g/mol. The predicted molar refractivity (Wildman–Crippen MR) is 86.3 cm³/mol. The molecule has 0 saturated heterocycles. The Balaban J connectivity index is 1.87. The normalized spacial score (nSPS) is 12.1. The first-order valence-corrected chi connectivity index (χ1v) is 7.32. The fourth-order valence-electron chi connectivity index (χ4n) is 2.23. The minimum atomic E-state index is 0.371. The molecule has 2 rings (SSSR count). The van der Waals surface area contributed by atoms with Crippen molar-refractivity contribution >= 4 is 5.69 Å². The number of aromatic nitrogens is 1. The van der Waals surface area contributed by atoms with Gasteiger partial charge in [-0.1, -0.05) is 6.07 Å². The van der Waals surface area contributed by atoms with Gasteiger partial charge in [-0.2, -0.15) is 0 Å². The van der Waals surface area contributed by atoms with Crippen molar-refractivity contribution in [3.63, 3.8) is 0 Å².